The third kappa shape index (κ3) is 5.75. The normalized spacial score (nSPS) is 17.2. The van der Waals surface area contributed by atoms with Gasteiger partial charge in [0.25, 0.3) is 0 Å². The van der Waals surface area contributed by atoms with Crippen LogP contribution in [0.15, 0.2) is 24.3 Å². The van der Waals surface area contributed by atoms with Crippen LogP contribution in [0, 0.1) is 0 Å². The van der Waals surface area contributed by atoms with Gasteiger partial charge < -0.3 is 16.0 Å². The Labute approximate surface area is 129 Å². The van der Waals surface area contributed by atoms with Crippen molar-refractivity contribution in [2.45, 2.75) is 26.4 Å². The molecule has 0 amide bonds. The zero-order valence-corrected chi connectivity index (χ0v) is 13.4. The van der Waals surface area contributed by atoms with E-state index in [0.717, 1.165) is 32.6 Å². The zero-order chi connectivity index (χ0) is 14.9. The number of nitrogens with one attached hydrogen (secondary N) is 1. The first kappa shape index (κ1) is 16.4. The van der Waals surface area contributed by atoms with E-state index in [1.165, 1.54) is 43.9 Å². The molecule has 1 saturated heterocycles. The van der Waals surface area contributed by atoms with E-state index in [9.17, 15) is 0 Å². The number of hydrogen-bond donors (Lipinski definition) is 2. The summed E-state index contributed by atoms with van der Waals surface area (Å²) in [5.41, 5.74) is 8.26. The molecule has 118 valence electrons. The molecule has 21 heavy (non-hydrogen) atoms. The van der Waals surface area contributed by atoms with Crippen LogP contribution < -0.4 is 11.1 Å². The van der Waals surface area contributed by atoms with Crippen LogP contribution in [-0.2, 0) is 13.1 Å². The number of nitrogens with two attached hydrogens (primary N) is 1. The largest absolute Gasteiger partial charge is 0.330 e. The van der Waals surface area contributed by atoms with Crippen LogP contribution in [0.5, 0.6) is 0 Å². The van der Waals surface area contributed by atoms with Gasteiger partial charge in [0, 0.05) is 39.3 Å². The molecule has 1 heterocycles. The predicted molar refractivity (Wildman–Crippen MR) is 89.2 cm³/mol. The van der Waals surface area contributed by atoms with Crippen molar-refractivity contribution in [3.05, 3.63) is 35.4 Å². The zero-order valence-electron chi connectivity index (χ0n) is 13.4. The Balaban J connectivity index is 1.72. The van der Waals surface area contributed by atoms with Gasteiger partial charge in [-0.3, -0.25) is 4.90 Å². The Bertz CT molecular complexity index is 382. The van der Waals surface area contributed by atoms with E-state index in [1.54, 1.807) is 0 Å². The lowest BCUT2D eigenvalue weighted by Crippen LogP contribution is -2.45. The molecular weight excluding hydrogens is 260 g/mol. The summed E-state index contributed by atoms with van der Waals surface area (Å²) in [6.45, 7) is 12.0. The molecule has 1 fully saturated rings. The Kier molecular flexibility index (Phi) is 7.16. The Morgan fingerprint density at radius 3 is 2.24 bits per heavy atom. The third-order valence-corrected chi connectivity index (χ3v) is 4.23. The van der Waals surface area contributed by atoms with Crippen molar-refractivity contribution in [2.75, 3.05) is 45.8 Å². The monoisotopic (exact) mass is 290 g/mol. The summed E-state index contributed by atoms with van der Waals surface area (Å²) >= 11 is 0. The van der Waals surface area contributed by atoms with Crippen LogP contribution in [0.4, 0.5) is 0 Å². The highest BCUT2D eigenvalue weighted by Gasteiger charge is 2.15. The molecule has 1 aliphatic rings. The van der Waals surface area contributed by atoms with Crippen molar-refractivity contribution >= 4 is 0 Å². The number of nitrogens with zero attached hydrogens (tertiary/aromatic N) is 2. The highest BCUT2D eigenvalue weighted by atomic mass is 15.3. The first-order valence-corrected chi connectivity index (χ1v) is 8.25. The van der Waals surface area contributed by atoms with Gasteiger partial charge in [0.05, 0.1) is 0 Å². The predicted octanol–water partition coefficient (Wildman–Crippen LogP) is 1.26. The molecule has 0 unspecified atom stereocenters. The molecule has 4 heteroatoms. The molecule has 1 aliphatic heterocycles. The quantitative estimate of drug-likeness (QED) is 0.708. The maximum absolute atomic E-state index is 5.49. The molecule has 1 aromatic carbocycles. The van der Waals surface area contributed by atoms with Crippen LogP contribution in [0.25, 0.3) is 0 Å². The standard InChI is InChI=1S/C17H30N4/c1-2-20-10-12-21(13-11-20)15-17-6-4-16(5-7-17)14-19-9-3-8-18/h4-7,19H,2-3,8-15,18H2,1H3. The topological polar surface area (TPSA) is 44.5 Å². The van der Waals surface area contributed by atoms with Gasteiger partial charge in [0.1, 0.15) is 0 Å². The lowest BCUT2D eigenvalue weighted by atomic mass is 10.1. The van der Waals surface area contributed by atoms with Gasteiger partial charge in [-0.05, 0) is 37.2 Å². The number of likely N-dealkylation sites (N-methyl/N-ethyl adjacent to an activating group) is 1. The van der Waals surface area contributed by atoms with Gasteiger partial charge >= 0.3 is 0 Å². The van der Waals surface area contributed by atoms with Crippen LogP contribution in [-0.4, -0.2) is 55.6 Å². The van der Waals surface area contributed by atoms with Gasteiger partial charge in [0.2, 0.25) is 0 Å². The van der Waals surface area contributed by atoms with E-state index < -0.39 is 0 Å². The van der Waals surface area contributed by atoms with Crippen molar-refractivity contribution in [3.63, 3.8) is 0 Å². The van der Waals surface area contributed by atoms with Gasteiger partial charge in [-0.25, -0.2) is 0 Å². The molecule has 0 bridgehead atoms. The number of benzene rings is 1. The second-order valence-electron chi connectivity index (χ2n) is 5.85. The fraction of sp³-hybridized carbons (Fsp3) is 0.647. The molecule has 0 spiro atoms. The smallest absolute Gasteiger partial charge is 0.0234 e. The van der Waals surface area contributed by atoms with Crippen LogP contribution in [0.3, 0.4) is 0 Å². The van der Waals surface area contributed by atoms with E-state index in [0.29, 0.717) is 0 Å². The number of rotatable bonds is 8. The summed E-state index contributed by atoms with van der Waals surface area (Å²) < 4.78 is 0. The minimum Gasteiger partial charge on any atom is -0.330 e. The van der Waals surface area contributed by atoms with E-state index >= 15 is 0 Å². The molecule has 4 nitrogen and oxygen atoms in total. The fourth-order valence-electron chi connectivity index (χ4n) is 2.74. The maximum Gasteiger partial charge on any atom is 0.0234 e. The average Bonchev–Trinajstić information content (AvgIpc) is 2.54. The number of hydrogen-bond acceptors (Lipinski definition) is 4. The SMILES string of the molecule is CCN1CCN(Cc2ccc(CNCCCN)cc2)CC1. The third-order valence-electron chi connectivity index (χ3n) is 4.23. The van der Waals surface area contributed by atoms with Gasteiger partial charge in [-0.15, -0.1) is 0 Å². The highest BCUT2D eigenvalue weighted by Crippen LogP contribution is 2.10. The highest BCUT2D eigenvalue weighted by molar-refractivity contribution is 5.22. The van der Waals surface area contributed by atoms with Crippen molar-refractivity contribution in [2.24, 2.45) is 5.73 Å². The Morgan fingerprint density at radius 2 is 1.62 bits per heavy atom. The lowest BCUT2D eigenvalue weighted by Gasteiger charge is -2.34. The summed E-state index contributed by atoms with van der Waals surface area (Å²) in [5, 5.41) is 3.42. The molecule has 0 saturated carbocycles. The summed E-state index contributed by atoms with van der Waals surface area (Å²) in [4.78, 5) is 5.08. The minimum absolute atomic E-state index is 0.761. The summed E-state index contributed by atoms with van der Waals surface area (Å²) in [7, 11) is 0. The summed E-state index contributed by atoms with van der Waals surface area (Å²) in [6.07, 6.45) is 1.04. The first-order chi connectivity index (χ1) is 10.3. The second-order valence-corrected chi connectivity index (χ2v) is 5.85. The van der Waals surface area contributed by atoms with Gasteiger partial charge in [-0.1, -0.05) is 31.2 Å². The molecule has 0 aromatic heterocycles. The van der Waals surface area contributed by atoms with Crippen molar-refractivity contribution in [1.29, 1.82) is 0 Å². The minimum atomic E-state index is 0.761. The van der Waals surface area contributed by atoms with E-state index in [4.69, 9.17) is 5.73 Å². The second kappa shape index (κ2) is 9.15. The van der Waals surface area contributed by atoms with Crippen LogP contribution >= 0.6 is 0 Å². The summed E-state index contributed by atoms with van der Waals surface area (Å²) in [5.74, 6) is 0. The molecule has 0 aliphatic carbocycles. The molecular formula is C17H30N4. The van der Waals surface area contributed by atoms with Crippen LogP contribution in [0.2, 0.25) is 0 Å². The average molecular weight is 290 g/mol. The van der Waals surface area contributed by atoms with Crippen molar-refractivity contribution in [1.82, 2.24) is 15.1 Å². The molecule has 0 radical (unpaired) electrons. The van der Waals surface area contributed by atoms with Crippen LogP contribution in [0.1, 0.15) is 24.5 Å². The van der Waals surface area contributed by atoms with Gasteiger partial charge in [-0.2, -0.15) is 0 Å². The first-order valence-electron chi connectivity index (χ1n) is 8.25. The van der Waals surface area contributed by atoms with E-state index in [-0.39, 0.29) is 0 Å². The van der Waals surface area contributed by atoms with E-state index in [2.05, 4.69) is 46.3 Å². The Hall–Kier alpha value is -0.940. The molecule has 3 N–H and O–H groups in total. The van der Waals surface area contributed by atoms with E-state index in [1.807, 2.05) is 0 Å². The molecule has 0 atom stereocenters. The lowest BCUT2D eigenvalue weighted by molar-refractivity contribution is 0.132. The summed E-state index contributed by atoms with van der Waals surface area (Å²) in [6, 6.07) is 9.03. The van der Waals surface area contributed by atoms with Crippen molar-refractivity contribution in [3.8, 4) is 0 Å². The molecule has 2 rings (SSSR count). The van der Waals surface area contributed by atoms with Crippen molar-refractivity contribution < 1.29 is 0 Å². The Morgan fingerprint density at radius 1 is 1.00 bits per heavy atom. The van der Waals surface area contributed by atoms with Gasteiger partial charge in [0.15, 0.2) is 0 Å². The maximum atomic E-state index is 5.49. The molecule has 1 aromatic rings. The fourth-order valence-corrected chi connectivity index (χ4v) is 2.74. The number of piperazine rings is 1.